The van der Waals surface area contributed by atoms with Gasteiger partial charge in [-0.15, -0.1) is 0 Å². The van der Waals surface area contributed by atoms with Gasteiger partial charge in [0.1, 0.15) is 5.82 Å². The molecule has 0 atom stereocenters. The lowest BCUT2D eigenvalue weighted by Gasteiger charge is -2.39. The van der Waals surface area contributed by atoms with Crippen molar-refractivity contribution in [1.82, 2.24) is 25.1 Å². The molecule has 0 aliphatic carbocycles. The van der Waals surface area contributed by atoms with Gasteiger partial charge in [-0.3, -0.25) is 9.89 Å². The highest BCUT2D eigenvalue weighted by Gasteiger charge is 2.28. The van der Waals surface area contributed by atoms with Gasteiger partial charge in [0.25, 0.3) is 0 Å². The Hall–Kier alpha value is -2.12. The van der Waals surface area contributed by atoms with Gasteiger partial charge in [-0.25, -0.2) is 4.98 Å². The number of nitrogens with one attached hydrogen (secondary N) is 2. The Bertz CT molecular complexity index is 807. The quantitative estimate of drug-likeness (QED) is 0.405. The molecule has 1 aromatic carbocycles. The second-order valence-corrected chi connectivity index (χ2v) is 8.19. The normalized spacial score (nSPS) is 16.3. The van der Waals surface area contributed by atoms with Crippen molar-refractivity contribution >= 4 is 17.0 Å². The number of para-hydroxylation sites is 2. The Balaban J connectivity index is 1.52. The Morgan fingerprint density at radius 2 is 1.97 bits per heavy atom. The van der Waals surface area contributed by atoms with E-state index < -0.39 is 0 Å². The zero-order chi connectivity index (χ0) is 20.7. The predicted octanol–water partition coefficient (Wildman–Crippen LogP) is 2.40. The molecule has 7 heteroatoms. The van der Waals surface area contributed by atoms with E-state index in [9.17, 15) is 0 Å². The molecule has 0 spiro atoms. The van der Waals surface area contributed by atoms with Gasteiger partial charge < -0.3 is 19.9 Å². The minimum atomic E-state index is 0.0268. The van der Waals surface area contributed by atoms with E-state index in [0.29, 0.717) is 0 Å². The molecule has 2 aromatic rings. The van der Waals surface area contributed by atoms with Crippen LogP contribution in [0.3, 0.4) is 0 Å². The zero-order valence-electron chi connectivity index (χ0n) is 18.4. The number of nitrogens with zero attached hydrogens (tertiary/aromatic N) is 4. The highest BCUT2D eigenvalue weighted by Crippen LogP contribution is 2.17. The summed E-state index contributed by atoms with van der Waals surface area (Å²) < 4.78 is 7.78. The van der Waals surface area contributed by atoms with E-state index in [-0.39, 0.29) is 5.54 Å². The van der Waals surface area contributed by atoms with Crippen LogP contribution in [0, 0.1) is 6.92 Å². The Morgan fingerprint density at radius 1 is 1.21 bits per heavy atom. The van der Waals surface area contributed by atoms with Crippen LogP contribution >= 0.6 is 0 Å². The van der Waals surface area contributed by atoms with Crippen molar-refractivity contribution in [1.29, 1.82) is 0 Å². The molecular weight excluding hydrogens is 364 g/mol. The topological polar surface area (TPSA) is 66.7 Å². The van der Waals surface area contributed by atoms with Gasteiger partial charge in [-0.05, 0) is 46.2 Å². The number of hydrogen-bond donors (Lipinski definition) is 2. The first-order valence-electron chi connectivity index (χ1n) is 10.8. The number of hydrogen-bond acceptors (Lipinski definition) is 4. The summed E-state index contributed by atoms with van der Waals surface area (Å²) in [6, 6.07) is 8.33. The fourth-order valence-corrected chi connectivity index (χ4v) is 3.81. The van der Waals surface area contributed by atoms with E-state index in [4.69, 9.17) is 9.73 Å². The SMILES string of the molecule is CCNC(=NCC(C)(C)N1CCOCC1)NCCCn1c(C)nc2ccccc21. The van der Waals surface area contributed by atoms with Crippen LogP contribution in [-0.4, -0.2) is 71.9 Å². The van der Waals surface area contributed by atoms with Crippen LogP contribution in [0.15, 0.2) is 29.3 Å². The number of guanidine groups is 1. The first-order chi connectivity index (χ1) is 14.0. The number of aromatic nitrogens is 2. The number of imidazole rings is 1. The highest BCUT2D eigenvalue weighted by atomic mass is 16.5. The summed E-state index contributed by atoms with van der Waals surface area (Å²) in [5.41, 5.74) is 2.30. The molecule has 0 bridgehead atoms. The number of ether oxygens (including phenoxy) is 1. The van der Waals surface area contributed by atoms with Gasteiger partial charge in [0.05, 0.1) is 30.8 Å². The van der Waals surface area contributed by atoms with Crippen LogP contribution in [-0.2, 0) is 11.3 Å². The first kappa shape index (κ1) is 21.6. The summed E-state index contributed by atoms with van der Waals surface area (Å²) in [6.07, 6.45) is 1.01. The monoisotopic (exact) mass is 400 g/mol. The van der Waals surface area contributed by atoms with Gasteiger partial charge in [0.15, 0.2) is 5.96 Å². The van der Waals surface area contributed by atoms with Gasteiger partial charge in [-0.1, -0.05) is 12.1 Å². The van der Waals surface area contributed by atoms with E-state index in [2.05, 4.69) is 71.0 Å². The molecule has 1 aliphatic heterocycles. The molecule has 0 unspecified atom stereocenters. The summed E-state index contributed by atoms with van der Waals surface area (Å²) in [4.78, 5) is 12.0. The minimum absolute atomic E-state index is 0.0268. The van der Waals surface area contributed by atoms with Gasteiger partial charge in [-0.2, -0.15) is 0 Å². The Kier molecular flexibility index (Phi) is 7.50. The maximum Gasteiger partial charge on any atom is 0.191 e. The summed E-state index contributed by atoms with van der Waals surface area (Å²) in [6.45, 7) is 15.7. The van der Waals surface area contributed by atoms with Crippen LogP contribution in [0.1, 0.15) is 33.0 Å². The lowest BCUT2D eigenvalue weighted by atomic mass is 10.0. The lowest BCUT2D eigenvalue weighted by Crippen LogP contribution is -2.52. The third kappa shape index (κ3) is 5.70. The molecule has 2 heterocycles. The molecule has 3 rings (SSSR count). The van der Waals surface area contributed by atoms with E-state index >= 15 is 0 Å². The van der Waals surface area contributed by atoms with Crippen molar-refractivity contribution in [2.24, 2.45) is 4.99 Å². The number of benzene rings is 1. The third-order valence-corrected chi connectivity index (χ3v) is 5.53. The lowest BCUT2D eigenvalue weighted by molar-refractivity contribution is -0.00683. The molecule has 0 amide bonds. The van der Waals surface area contributed by atoms with Gasteiger partial charge in [0.2, 0.25) is 0 Å². The molecule has 2 N–H and O–H groups in total. The maximum atomic E-state index is 5.48. The second-order valence-electron chi connectivity index (χ2n) is 8.19. The van der Waals surface area contributed by atoms with Crippen molar-refractivity contribution < 1.29 is 4.74 Å². The summed E-state index contributed by atoms with van der Waals surface area (Å²) in [7, 11) is 0. The number of fused-ring (bicyclic) bond motifs is 1. The summed E-state index contributed by atoms with van der Waals surface area (Å²) in [5, 5.41) is 6.86. The first-order valence-corrected chi connectivity index (χ1v) is 10.8. The molecule has 0 saturated carbocycles. The smallest absolute Gasteiger partial charge is 0.191 e. The highest BCUT2D eigenvalue weighted by molar-refractivity contribution is 5.79. The molecule has 7 nitrogen and oxygen atoms in total. The van der Waals surface area contributed by atoms with Crippen molar-refractivity contribution in [2.75, 3.05) is 45.9 Å². The second kappa shape index (κ2) is 10.1. The van der Waals surface area contributed by atoms with Crippen molar-refractivity contribution in [3.8, 4) is 0 Å². The van der Waals surface area contributed by atoms with Crippen molar-refractivity contribution in [2.45, 2.75) is 46.2 Å². The van der Waals surface area contributed by atoms with E-state index in [0.717, 1.165) is 76.2 Å². The maximum absolute atomic E-state index is 5.48. The van der Waals surface area contributed by atoms with Crippen LogP contribution in [0.5, 0.6) is 0 Å². The van der Waals surface area contributed by atoms with Gasteiger partial charge in [0, 0.05) is 38.3 Å². The largest absolute Gasteiger partial charge is 0.379 e. The molecular formula is C22H36N6O. The van der Waals surface area contributed by atoms with Crippen LogP contribution in [0.4, 0.5) is 0 Å². The number of rotatable bonds is 8. The standard InChI is InChI=1S/C22H36N6O/c1-5-23-21(25-17-22(3,4)27-13-15-29-16-14-27)24-11-8-12-28-18(2)26-19-9-6-7-10-20(19)28/h6-7,9-10H,5,8,11-17H2,1-4H3,(H2,23,24,25). The van der Waals surface area contributed by atoms with Crippen LogP contribution in [0.2, 0.25) is 0 Å². The number of aliphatic imine (C=N–C) groups is 1. The van der Waals surface area contributed by atoms with Gasteiger partial charge >= 0.3 is 0 Å². The average Bonchev–Trinajstić information content (AvgIpc) is 3.05. The molecule has 29 heavy (non-hydrogen) atoms. The molecule has 1 fully saturated rings. The summed E-state index contributed by atoms with van der Waals surface area (Å²) >= 11 is 0. The van der Waals surface area contributed by atoms with Crippen molar-refractivity contribution in [3.05, 3.63) is 30.1 Å². The molecule has 1 aromatic heterocycles. The molecule has 1 saturated heterocycles. The van der Waals surface area contributed by atoms with E-state index in [1.807, 2.05) is 6.07 Å². The van der Waals surface area contributed by atoms with Crippen molar-refractivity contribution in [3.63, 3.8) is 0 Å². The predicted molar refractivity (Wildman–Crippen MR) is 120 cm³/mol. The average molecular weight is 401 g/mol. The molecule has 160 valence electrons. The Labute approximate surface area is 174 Å². The zero-order valence-corrected chi connectivity index (χ0v) is 18.4. The minimum Gasteiger partial charge on any atom is -0.379 e. The van der Waals surface area contributed by atoms with E-state index in [1.165, 1.54) is 5.52 Å². The van der Waals surface area contributed by atoms with E-state index in [1.54, 1.807) is 0 Å². The molecule has 0 radical (unpaired) electrons. The summed E-state index contributed by atoms with van der Waals surface area (Å²) in [5.74, 6) is 1.96. The Morgan fingerprint density at radius 3 is 2.72 bits per heavy atom. The molecule has 1 aliphatic rings. The fraction of sp³-hybridized carbons (Fsp3) is 0.636. The third-order valence-electron chi connectivity index (χ3n) is 5.53. The fourth-order valence-electron chi connectivity index (χ4n) is 3.81. The number of morpholine rings is 1. The van der Waals surface area contributed by atoms with Crippen LogP contribution in [0.25, 0.3) is 11.0 Å². The van der Waals surface area contributed by atoms with Crippen LogP contribution < -0.4 is 10.6 Å². The number of aryl methyl sites for hydroxylation is 2.